The van der Waals surface area contributed by atoms with Gasteiger partial charge in [-0.25, -0.2) is 4.98 Å². The third-order valence-corrected chi connectivity index (χ3v) is 5.53. The van der Waals surface area contributed by atoms with E-state index in [2.05, 4.69) is 29.5 Å². The Morgan fingerprint density at radius 3 is 2.58 bits per heavy atom. The Hall–Kier alpha value is -0.450. The van der Waals surface area contributed by atoms with Crippen molar-refractivity contribution in [3.05, 3.63) is 16.1 Å². The molecule has 1 heterocycles. The van der Waals surface area contributed by atoms with Gasteiger partial charge in [0.2, 0.25) is 0 Å². The van der Waals surface area contributed by atoms with Crippen LogP contribution >= 0.6 is 11.3 Å². The summed E-state index contributed by atoms with van der Waals surface area (Å²) in [7, 11) is 0. The fourth-order valence-corrected chi connectivity index (χ4v) is 3.79. The first kappa shape index (κ1) is 14.9. The number of thiazole rings is 1. The van der Waals surface area contributed by atoms with Gasteiger partial charge in [-0.05, 0) is 38.6 Å². The van der Waals surface area contributed by atoms with Crippen LogP contribution in [0.3, 0.4) is 0 Å². The number of aromatic nitrogens is 1. The van der Waals surface area contributed by atoms with Gasteiger partial charge in [0.05, 0.1) is 6.04 Å². The highest BCUT2D eigenvalue weighted by molar-refractivity contribution is 7.09. The Kier molecular flexibility index (Phi) is 5.37. The number of hydrogen-bond acceptors (Lipinski definition) is 4. The average molecular weight is 281 g/mol. The van der Waals surface area contributed by atoms with Crippen molar-refractivity contribution in [3.63, 3.8) is 0 Å². The minimum atomic E-state index is 0.317. The van der Waals surface area contributed by atoms with Gasteiger partial charge in [-0.15, -0.1) is 11.3 Å². The molecule has 1 atom stereocenters. The van der Waals surface area contributed by atoms with Crippen LogP contribution in [0.4, 0.5) is 0 Å². The Morgan fingerprint density at radius 1 is 1.37 bits per heavy atom. The van der Waals surface area contributed by atoms with Gasteiger partial charge < -0.3 is 11.1 Å². The second-order valence-electron chi connectivity index (χ2n) is 6.05. The van der Waals surface area contributed by atoms with Crippen molar-refractivity contribution in [1.29, 1.82) is 0 Å². The molecule has 1 aromatic heterocycles. The molecule has 0 aliphatic heterocycles. The molecule has 0 radical (unpaired) electrons. The fraction of sp³-hybridized carbons (Fsp3) is 0.800. The monoisotopic (exact) mass is 281 g/mol. The molecule has 4 heteroatoms. The lowest BCUT2D eigenvalue weighted by Crippen LogP contribution is -2.41. The predicted molar refractivity (Wildman–Crippen MR) is 82.5 cm³/mol. The van der Waals surface area contributed by atoms with E-state index in [9.17, 15) is 0 Å². The van der Waals surface area contributed by atoms with Gasteiger partial charge >= 0.3 is 0 Å². The van der Waals surface area contributed by atoms with Crippen LogP contribution in [0.15, 0.2) is 5.38 Å². The largest absolute Gasteiger partial charge is 0.330 e. The van der Waals surface area contributed by atoms with Gasteiger partial charge in [-0.2, -0.15) is 0 Å². The molecule has 3 N–H and O–H groups in total. The van der Waals surface area contributed by atoms with Crippen LogP contribution in [0, 0.1) is 12.3 Å². The van der Waals surface area contributed by atoms with Gasteiger partial charge in [-0.3, -0.25) is 0 Å². The van der Waals surface area contributed by atoms with Gasteiger partial charge in [-0.1, -0.05) is 25.7 Å². The normalized spacial score (nSPS) is 21.0. The summed E-state index contributed by atoms with van der Waals surface area (Å²) in [5, 5.41) is 6.99. The van der Waals surface area contributed by atoms with Crippen LogP contribution in [-0.4, -0.2) is 18.1 Å². The van der Waals surface area contributed by atoms with Crippen molar-refractivity contribution < 1.29 is 0 Å². The van der Waals surface area contributed by atoms with Crippen LogP contribution < -0.4 is 11.1 Å². The van der Waals surface area contributed by atoms with Crippen LogP contribution in [0.5, 0.6) is 0 Å². The molecule has 19 heavy (non-hydrogen) atoms. The molecule has 0 saturated heterocycles. The van der Waals surface area contributed by atoms with Gasteiger partial charge in [0.15, 0.2) is 0 Å². The molecule has 108 valence electrons. The summed E-state index contributed by atoms with van der Waals surface area (Å²) in [6.07, 6.45) is 7.99. The minimum Gasteiger partial charge on any atom is -0.330 e. The van der Waals surface area contributed by atoms with E-state index in [4.69, 9.17) is 5.73 Å². The SMILES string of the molecule is Cc1csc(C(C)NCC2(CN)CCCCCC2)n1. The molecule has 2 rings (SSSR count). The zero-order chi connectivity index (χ0) is 13.7. The van der Waals surface area contributed by atoms with Crippen LogP contribution in [-0.2, 0) is 0 Å². The maximum atomic E-state index is 6.08. The molecule has 0 bridgehead atoms. The average Bonchev–Trinajstić information content (AvgIpc) is 2.72. The molecule has 1 saturated carbocycles. The van der Waals surface area contributed by atoms with Crippen molar-refractivity contribution >= 4 is 11.3 Å². The number of hydrogen-bond donors (Lipinski definition) is 2. The summed E-state index contributed by atoms with van der Waals surface area (Å²) in [6.45, 7) is 6.10. The highest BCUT2D eigenvalue weighted by Crippen LogP contribution is 2.34. The fourth-order valence-electron chi connectivity index (χ4n) is 2.96. The molecular formula is C15H27N3S. The van der Waals surface area contributed by atoms with Crippen molar-refractivity contribution in [2.45, 2.75) is 58.4 Å². The van der Waals surface area contributed by atoms with Crippen molar-refractivity contribution in [2.24, 2.45) is 11.1 Å². The molecule has 3 nitrogen and oxygen atoms in total. The van der Waals surface area contributed by atoms with Crippen molar-refractivity contribution in [1.82, 2.24) is 10.3 Å². The summed E-state index contributed by atoms with van der Waals surface area (Å²) >= 11 is 1.75. The van der Waals surface area contributed by atoms with Crippen molar-refractivity contribution in [3.8, 4) is 0 Å². The maximum Gasteiger partial charge on any atom is 0.110 e. The molecule has 1 aliphatic carbocycles. The van der Waals surface area contributed by atoms with Crippen molar-refractivity contribution in [2.75, 3.05) is 13.1 Å². The Labute approximate surface area is 121 Å². The Bertz CT molecular complexity index is 380. The molecular weight excluding hydrogens is 254 g/mol. The molecule has 1 fully saturated rings. The Balaban J connectivity index is 1.91. The second-order valence-corrected chi connectivity index (χ2v) is 6.94. The second kappa shape index (κ2) is 6.82. The summed E-state index contributed by atoms with van der Waals surface area (Å²) in [6, 6.07) is 0.338. The third kappa shape index (κ3) is 4.01. The predicted octanol–water partition coefficient (Wildman–Crippen LogP) is 3.40. The first-order valence-electron chi connectivity index (χ1n) is 7.51. The zero-order valence-corrected chi connectivity index (χ0v) is 13.1. The summed E-state index contributed by atoms with van der Waals surface area (Å²) in [5.74, 6) is 0. The van der Waals surface area contributed by atoms with E-state index in [0.29, 0.717) is 11.5 Å². The molecule has 0 spiro atoms. The lowest BCUT2D eigenvalue weighted by Gasteiger charge is -2.32. The van der Waals surface area contributed by atoms with Crippen LogP contribution in [0.2, 0.25) is 0 Å². The van der Waals surface area contributed by atoms with E-state index in [1.165, 1.54) is 43.5 Å². The first-order valence-corrected chi connectivity index (χ1v) is 8.39. The van der Waals surface area contributed by atoms with Gasteiger partial charge in [0.25, 0.3) is 0 Å². The quantitative estimate of drug-likeness (QED) is 0.813. The van der Waals surface area contributed by atoms with E-state index in [0.717, 1.165) is 18.8 Å². The molecule has 0 aromatic carbocycles. The van der Waals surface area contributed by atoms with Crippen LogP contribution in [0.1, 0.15) is 62.2 Å². The van der Waals surface area contributed by atoms with E-state index >= 15 is 0 Å². The Morgan fingerprint density at radius 2 is 2.05 bits per heavy atom. The summed E-state index contributed by atoms with van der Waals surface area (Å²) < 4.78 is 0. The molecule has 1 aromatic rings. The lowest BCUT2D eigenvalue weighted by atomic mass is 9.80. The maximum absolute atomic E-state index is 6.08. The molecule has 1 unspecified atom stereocenters. The van der Waals surface area contributed by atoms with E-state index in [1.807, 2.05) is 0 Å². The highest BCUT2D eigenvalue weighted by Gasteiger charge is 2.29. The molecule has 0 amide bonds. The topological polar surface area (TPSA) is 50.9 Å². The van der Waals surface area contributed by atoms with E-state index in [-0.39, 0.29) is 0 Å². The first-order chi connectivity index (χ1) is 9.15. The molecule has 1 aliphatic rings. The number of nitrogens with two attached hydrogens (primary N) is 1. The minimum absolute atomic E-state index is 0.317. The number of aryl methyl sites for hydroxylation is 1. The number of nitrogens with one attached hydrogen (secondary N) is 1. The zero-order valence-electron chi connectivity index (χ0n) is 12.2. The van der Waals surface area contributed by atoms with Crippen LogP contribution in [0.25, 0.3) is 0 Å². The number of nitrogens with zero attached hydrogens (tertiary/aromatic N) is 1. The van der Waals surface area contributed by atoms with E-state index < -0.39 is 0 Å². The lowest BCUT2D eigenvalue weighted by molar-refractivity contribution is 0.234. The third-order valence-electron chi connectivity index (χ3n) is 4.39. The highest BCUT2D eigenvalue weighted by atomic mass is 32.1. The summed E-state index contributed by atoms with van der Waals surface area (Å²) in [5.41, 5.74) is 7.52. The summed E-state index contributed by atoms with van der Waals surface area (Å²) in [4.78, 5) is 4.57. The van der Waals surface area contributed by atoms with Gasteiger partial charge in [0, 0.05) is 17.6 Å². The van der Waals surface area contributed by atoms with E-state index in [1.54, 1.807) is 11.3 Å². The smallest absolute Gasteiger partial charge is 0.110 e. The van der Waals surface area contributed by atoms with Gasteiger partial charge in [0.1, 0.15) is 5.01 Å². The standard InChI is InChI=1S/C15H27N3S/c1-12-9-19-14(18-12)13(2)17-11-15(10-16)7-5-3-4-6-8-15/h9,13,17H,3-8,10-11,16H2,1-2H3. The number of rotatable bonds is 5.